The third kappa shape index (κ3) is 5.32. The van der Waals surface area contributed by atoms with Gasteiger partial charge < -0.3 is 14.4 Å². The minimum absolute atomic E-state index is 0.0951. The first-order chi connectivity index (χ1) is 15.4. The number of hydrogen-bond acceptors (Lipinski definition) is 6. The Kier molecular flexibility index (Phi) is 6.16. The number of ether oxygens (including phenoxy) is 2. The van der Waals surface area contributed by atoms with Gasteiger partial charge in [0.05, 0.1) is 10.6 Å². The molecule has 0 bridgehead atoms. The largest absolute Gasteiger partial charge is 0.490 e. The van der Waals surface area contributed by atoms with Crippen LogP contribution in [0.3, 0.4) is 0 Å². The Morgan fingerprint density at radius 1 is 1.18 bits per heavy atom. The van der Waals surface area contributed by atoms with Gasteiger partial charge in [-0.2, -0.15) is 0 Å². The summed E-state index contributed by atoms with van der Waals surface area (Å²) in [5, 5.41) is 0. The number of carbonyl (C=O) groups is 1. The fourth-order valence-corrected chi connectivity index (χ4v) is 5.15. The Bertz CT molecular complexity index is 1160. The van der Waals surface area contributed by atoms with Crippen molar-refractivity contribution in [1.29, 1.82) is 0 Å². The molecule has 178 valence electrons. The van der Waals surface area contributed by atoms with Crippen LogP contribution in [0.4, 0.5) is 4.79 Å². The number of pyridine rings is 1. The molecule has 0 aliphatic carbocycles. The molecule has 7 nitrogen and oxygen atoms in total. The van der Waals surface area contributed by atoms with Gasteiger partial charge in [0.2, 0.25) is 0 Å². The monoisotopic (exact) mass is 472 g/mol. The summed E-state index contributed by atoms with van der Waals surface area (Å²) in [5.41, 5.74) is 3.21. The lowest BCUT2D eigenvalue weighted by Crippen LogP contribution is -2.44. The zero-order chi connectivity index (χ0) is 24.0. The number of benzene rings is 1. The predicted molar refractivity (Wildman–Crippen MR) is 126 cm³/mol. The number of aryl methyl sites for hydroxylation is 1. The van der Waals surface area contributed by atoms with Crippen LogP contribution in [0, 0.1) is 12.8 Å². The minimum Gasteiger partial charge on any atom is -0.490 e. The summed E-state index contributed by atoms with van der Waals surface area (Å²) in [5.74, 6) is 1.28. The Hall–Kier alpha value is -2.61. The number of likely N-dealkylation sites (tertiary alicyclic amines) is 1. The summed E-state index contributed by atoms with van der Waals surface area (Å²) in [6.45, 7) is 8.88. The molecule has 1 atom stereocenters. The van der Waals surface area contributed by atoms with Crippen molar-refractivity contribution in [1.82, 2.24) is 9.88 Å². The number of piperidine rings is 1. The van der Waals surface area contributed by atoms with Gasteiger partial charge in [0, 0.05) is 37.5 Å². The summed E-state index contributed by atoms with van der Waals surface area (Å²) < 4.78 is 35.4. The Morgan fingerprint density at radius 3 is 2.48 bits per heavy atom. The maximum Gasteiger partial charge on any atom is 0.410 e. The molecule has 33 heavy (non-hydrogen) atoms. The number of hydrogen-bond donors (Lipinski definition) is 0. The van der Waals surface area contributed by atoms with Crippen molar-refractivity contribution in [3.05, 3.63) is 41.6 Å². The first-order valence-electron chi connectivity index (χ1n) is 11.4. The van der Waals surface area contributed by atoms with Crippen molar-refractivity contribution < 1.29 is 22.7 Å². The van der Waals surface area contributed by atoms with E-state index in [1.165, 1.54) is 12.5 Å². The van der Waals surface area contributed by atoms with Gasteiger partial charge in [0.1, 0.15) is 17.5 Å². The summed E-state index contributed by atoms with van der Waals surface area (Å²) in [4.78, 5) is 18.8. The van der Waals surface area contributed by atoms with Gasteiger partial charge in [0.15, 0.2) is 9.84 Å². The number of carbonyl (C=O) groups excluding carboxylic acids is 1. The van der Waals surface area contributed by atoms with E-state index < -0.39 is 15.4 Å². The second-order valence-corrected chi connectivity index (χ2v) is 12.1. The second-order valence-electron chi connectivity index (χ2n) is 10.1. The van der Waals surface area contributed by atoms with Gasteiger partial charge in [-0.1, -0.05) is 0 Å². The maximum absolute atomic E-state index is 12.3. The summed E-state index contributed by atoms with van der Waals surface area (Å²) in [6, 6.07) is 7.72. The van der Waals surface area contributed by atoms with E-state index in [4.69, 9.17) is 9.47 Å². The van der Waals surface area contributed by atoms with Gasteiger partial charge in [-0.15, -0.1) is 0 Å². The molecule has 1 amide bonds. The van der Waals surface area contributed by atoms with E-state index in [1.54, 1.807) is 11.0 Å². The lowest BCUT2D eigenvalue weighted by molar-refractivity contribution is 0.0123. The van der Waals surface area contributed by atoms with Crippen LogP contribution in [0.15, 0.2) is 35.4 Å². The summed E-state index contributed by atoms with van der Waals surface area (Å²) >= 11 is 0. The lowest BCUT2D eigenvalue weighted by atomic mass is 9.89. The Balaban J connectivity index is 1.42. The third-order valence-corrected chi connectivity index (χ3v) is 7.31. The van der Waals surface area contributed by atoms with E-state index in [2.05, 4.69) is 11.1 Å². The van der Waals surface area contributed by atoms with Crippen molar-refractivity contribution in [2.24, 2.45) is 5.92 Å². The summed E-state index contributed by atoms with van der Waals surface area (Å²) in [6.07, 6.45) is 5.05. The van der Waals surface area contributed by atoms with Crippen LogP contribution in [0.2, 0.25) is 0 Å². The van der Waals surface area contributed by atoms with Gasteiger partial charge in [-0.05, 0) is 81.8 Å². The van der Waals surface area contributed by atoms with Crippen LogP contribution in [0.25, 0.3) is 11.3 Å². The Morgan fingerprint density at radius 2 is 1.88 bits per heavy atom. The van der Waals surface area contributed by atoms with Crippen molar-refractivity contribution in [3.8, 4) is 17.0 Å². The molecule has 2 aliphatic heterocycles. The number of amides is 1. The molecule has 0 radical (unpaired) electrons. The zero-order valence-electron chi connectivity index (χ0n) is 19.9. The first-order valence-corrected chi connectivity index (χ1v) is 13.2. The van der Waals surface area contributed by atoms with Crippen LogP contribution < -0.4 is 4.74 Å². The van der Waals surface area contributed by atoms with Gasteiger partial charge >= 0.3 is 6.09 Å². The fourth-order valence-electron chi connectivity index (χ4n) is 4.52. The average molecular weight is 473 g/mol. The van der Waals surface area contributed by atoms with Gasteiger partial charge in [0.25, 0.3) is 0 Å². The van der Waals surface area contributed by atoms with E-state index >= 15 is 0 Å². The van der Waals surface area contributed by atoms with E-state index in [9.17, 15) is 13.2 Å². The normalized spacial score (nSPS) is 19.2. The lowest BCUT2D eigenvalue weighted by Gasteiger charge is -2.35. The molecule has 0 saturated carbocycles. The molecule has 2 aliphatic rings. The van der Waals surface area contributed by atoms with Crippen molar-refractivity contribution in [2.75, 3.05) is 19.3 Å². The molecule has 4 rings (SSSR count). The molecule has 0 spiro atoms. The van der Waals surface area contributed by atoms with E-state index in [0.717, 1.165) is 47.4 Å². The highest BCUT2D eigenvalue weighted by Gasteiger charge is 2.35. The molecule has 8 heteroatoms. The van der Waals surface area contributed by atoms with Crippen LogP contribution >= 0.6 is 0 Å². The van der Waals surface area contributed by atoms with Crippen LogP contribution in [-0.4, -0.2) is 55.4 Å². The standard InChI is InChI=1S/C25H32N2O5S/c1-16-12-20(33(5,29)30)15-26-23(16)18-6-7-21-19(13-18)14-22(31-21)17-8-10-27(11-9-17)24(28)32-25(2,3)4/h6-7,12-13,15,17,22H,8-11,14H2,1-5H3. The van der Waals surface area contributed by atoms with Crippen LogP contribution in [-0.2, 0) is 21.0 Å². The predicted octanol–water partition coefficient (Wildman–Crippen LogP) is 4.41. The van der Waals surface area contributed by atoms with Gasteiger partial charge in [-0.25, -0.2) is 13.2 Å². The molecule has 1 fully saturated rings. The van der Waals surface area contributed by atoms with E-state index in [1.807, 2.05) is 39.8 Å². The van der Waals surface area contributed by atoms with Crippen LogP contribution in [0.1, 0.15) is 44.7 Å². The molecule has 3 heterocycles. The van der Waals surface area contributed by atoms with E-state index in [-0.39, 0.29) is 17.1 Å². The zero-order valence-corrected chi connectivity index (χ0v) is 20.7. The summed E-state index contributed by atoms with van der Waals surface area (Å²) in [7, 11) is -3.29. The SMILES string of the molecule is Cc1cc(S(C)(=O)=O)cnc1-c1ccc2c(c1)CC(C1CCN(C(=O)OC(C)(C)C)CC1)O2. The third-order valence-electron chi connectivity index (χ3n) is 6.23. The first kappa shape index (κ1) is 23.5. The average Bonchev–Trinajstić information content (AvgIpc) is 3.15. The van der Waals surface area contributed by atoms with Crippen LogP contribution in [0.5, 0.6) is 5.75 Å². The second kappa shape index (κ2) is 8.63. The molecule has 1 aromatic carbocycles. The van der Waals surface area contributed by atoms with Crippen molar-refractivity contribution >= 4 is 15.9 Å². The molecular formula is C25H32N2O5S. The number of sulfone groups is 1. The molecule has 1 aromatic heterocycles. The molecule has 1 saturated heterocycles. The highest BCUT2D eigenvalue weighted by Crippen LogP contribution is 2.38. The molecule has 1 unspecified atom stereocenters. The molecule has 0 N–H and O–H groups in total. The minimum atomic E-state index is -3.29. The highest BCUT2D eigenvalue weighted by atomic mass is 32.2. The number of rotatable bonds is 3. The Labute approximate surface area is 196 Å². The number of nitrogens with zero attached hydrogens (tertiary/aromatic N) is 2. The smallest absolute Gasteiger partial charge is 0.410 e. The number of fused-ring (bicyclic) bond motifs is 1. The topological polar surface area (TPSA) is 85.8 Å². The molecule has 2 aromatic rings. The quantitative estimate of drug-likeness (QED) is 0.658. The number of aromatic nitrogens is 1. The van der Waals surface area contributed by atoms with Crippen molar-refractivity contribution in [3.63, 3.8) is 0 Å². The van der Waals surface area contributed by atoms with Gasteiger partial charge in [-0.3, -0.25) is 4.98 Å². The highest BCUT2D eigenvalue weighted by molar-refractivity contribution is 7.90. The fraction of sp³-hybridized carbons (Fsp3) is 0.520. The van der Waals surface area contributed by atoms with E-state index in [0.29, 0.717) is 19.0 Å². The maximum atomic E-state index is 12.3. The molecular weight excluding hydrogens is 440 g/mol. The van der Waals surface area contributed by atoms with Crippen molar-refractivity contribution in [2.45, 2.75) is 63.6 Å².